The third kappa shape index (κ3) is 5.41. The van der Waals surface area contributed by atoms with E-state index in [4.69, 9.17) is 4.42 Å². The summed E-state index contributed by atoms with van der Waals surface area (Å²) in [6, 6.07) is 5.47. The third-order valence-electron chi connectivity index (χ3n) is 3.92. The summed E-state index contributed by atoms with van der Waals surface area (Å²) in [6.45, 7) is 6.15. The van der Waals surface area contributed by atoms with Crippen LogP contribution in [-0.2, 0) is 25.9 Å². The molecule has 160 valence electrons. The maximum atomic E-state index is 12.5. The number of ether oxygens (including phenoxy) is 1. The van der Waals surface area contributed by atoms with E-state index >= 15 is 0 Å². The minimum Gasteiger partial charge on any atom is -0.465 e. The van der Waals surface area contributed by atoms with Crippen molar-refractivity contribution in [3.8, 4) is 0 Å². The quantitative estimate of drug-likeness (QED) is 0.404. The monoisotopic (exact) mass is 467 g/mol. The molecule has 0 aliphatic rings. The van der Waals surface area contributed by atoms with E-state index in [-0.39, 0.29) is 21.0 Å². The van der Waals surface area contributed by atoms with Gasteiger partial charge in [0.1, 0.15) is 5.76 Å². The first-order chi connectivity index (χ1) is 14.1. The summed E-state index contributed by atoms with van der Waals surface area (Å²) >= 11 is 2.68. The maximum absolute atomic E-state index is 12.5. The van der Waals surface area contributed by atoms with Gasteiger partial charge >= 0.3 is 5.97 Å². The van der Waals surface area contributed by atoms with E-state index in [1.54, 1.807) is 12.4 Å². The summed E-state index contributed by atoms with van der Waals surface area (Å²) in [5, 5.41) is 0.248. The number of benzene rings is 1. The lowest BCUT2D eigenvalue weighted by molar-refractivity contribution is 0.0600. The van der Waals surface area contributed by atoms with Crippen molar-refractivity contribution in [2.45, 2.75) is 41.0 Å². The van der Waals surface area contributed by atoms with E-state index in [2.05, 4.69) is 40.2 Å². The Labute approximate surface area is 183 Å². The molecule has 0 bridgehead atoms. The maximum Gasteiger partial charge on any atom is 0.337 e. The molecule has 0 fully saturated rings. The highest BCUT2D eigenvalue weighted by atomic mass is 32.2. The third-order valence-corrected chi connectivity index (χ3v) is 7.50. The van der Waals surface area contributed by atoms with Crippen LogP contribution in [-0.4, -0.2) is 31.5 Å². The number of rotatable bonds is 7. The molecule has 30 heavy (non-hydrogen) atoms. The van der Waals surface area contributed by atoms with Gasteiger partial charge in [0.15, 0.2) is 5.13 Å². The van der Waals surface area contributed by atoms with Gasteiger partial charge in [0, 0.05) is 5.41 Å². The minimum absolute atomic E-state index is 0.0223. The standard InChI is InChI=1S/C19H21N3O5S3/c1-19(2,3)14-9-20-15(27-14)11-28-16-10-21-18(29-16)22-30(24,25)13-7-5-12(6-8-13)17(23)26-4/h5-10H,11H2,1-4H3,(H,21,22). The van der Waals surface area contributed by atoms with E-state index in [0.717, 1.165) is 9.97 Å². The number of methoxy groups -OCH3 is 1. The SMILES string of the molecule is COC(=O)c1ccc(S(=O)(=O)Nc2ncc(SCc3ncc(C(C)(C)C)o3)s2)cc1. The Morgan fingerprint density at radius 3 is 2.50 bits per heavy atom. The van der Waals surface area contributed by atoms with Crippen LogP contribution in [0.15, 0.2) is 50.2 Å². The molecule has 8 nitrogen and oxygen atoms in total. The molecule has 0 saturated carbocycles. The van der Waals surface area contributed by atoms with Gasteiger partial charge in [0.25, 0.3) is 10.0 Å². The average Bonchev–Trinajstić information content (AvgIpc) is 3.34. The van der Waals surface area contributed by atoms with Gasteiger partial charge < -0.3 is 9.15 Å². The van der Waals surface area contributed by atoms with Crippen molar-refractivity contribution in [1.82, 2.24) is 9.97 Å². The Kier molecular flexibility index (Phi) is 6.53. The topological polar surface area (TPSA) is 111 Å². The van der Waals surface area contributed by atoms with Crippen LogP contribution < -0.4 is 4.72 Å². The molecule has 2 heterocycles. The fourth-order valence-electron chi connectivity index (χ4n) is 2.29. The summed E-state index contributed by atoms with van der Waals surface area (Å²) in [7, 11) is -2.56. The summed E-state index contributed by atoms with van der Waals surface area (Å²) in [4.78, 5) is 19.9. The number of oxazole rings is 1. The van der Waals surface area contributed by atoms with Gasteiger partial charge in [0.2, 0.25) is 5.89 Å². The first kappa shape index (κ1) is 22.3. The van der Waals surface area contributed by atoms with Crippen molar-refractivity contribution < 1.29 is 22.4 Å². The normalized spacial score (nSPS) is 12.0. The number of carbonyl (C=O) groups excluding carboxylic acids is 1. The van der Waals surface area contributed by atoms with Crippen molar-refractivity contribution in [3.63, 3.8) is 0 Å². The molecule has 1 N–H and O–H groups in total. The number of thiazole rings is 1. The fourth-order valence-corrected chi connectivity index (χ4v) is 5.26. The Morgan fingerprint density at radius 2 is 1.90 bits per heavy atom. The number of sulfonamides is 1. The number of hydrogen-bond acceptors (Lipinski definition) is 9. The van der Waals surface area contributed by atoms with Crippen molar-refractivity contribution >= 4 is 44.2 Å². The van der Waals surface area contributed by atoms with Gasteiger partial charge in [-0.05, 0) is 24.3 Å². The lowest BCUT2D eigenvalue weighted by atomic mass is 9.94. The van der Waals surface area contributed by atoms with Gasteiger partial charge in [0.05, 0.1) is 39.9 Å². The van der Waals surface area contributed by atoms with E-state index in [0.29, 0.717) is 11.6 Å². The predicted octanol–water partition coefficient (Wildman–Crippen LogP) is 4.31. The van der Waals surface area contributed by atoms with Gasteiger partial charge in [-0.1, -0.05) is 32.1 Å². The molecule has 1 aromatic carbocycles. The molecule has 0 radical (unpaired) electrons. The first-order valence-corrected chi connectivity index (χ1v) is 12.1. The van der Waals surface area contributed by atoms with Crippen molar-refractivity contribution in [2.24, 2.45) is 0 Å². The second-order valence-corrected chi connectivity index (χ2v) is 11.3. The van der Waals surface area contributed by atoms with Crippen LogP contribution in [0, 0.1) is 0 Å². The van der Waals surface area contributed by atoms with E-state index < -0.39 is 16.0 Å². The molecule has 11 heteroatoms. The molecule has 0 unspecified atom stereocenters. The van der Waals surface area contributed by atoms with Crippen LogP contribution in [0.5, 0.6) is 0 Å². The highest BCUT2D eigenvalue weighted by Gasteiger charge is 2.20. The number of aromatic nitrogens is 2. The van der Waals surface area contributed by atoms with Crippen LogP contribution in [0.25, 0.3) is 0 Å². The highest BCUT2D eigenvalue weighted by molar-refractivity contribution is 8.00. The van der Waals surface area contributed by atoms with Gasteiger partial charge in [-0.25, -0.2) is 23.2 Å². The Bertz CT molecular complexity index is 1130. The summed E-state index contributed by atoms with van der Waals surface area (Å²) in [5.74, 6) is 1.40. The second kappa shape index (κ2) is 8.78. The van der Waals surface area contributed by atoms with Crippen LogP contribution in [0.1, 0.15) is 42.8 Å². The molecule has 0 spiro atoms. The number of anilines is 1. The molecule has 0 atom stereocenters. The number of esters is 1. The van der Waals surface area contributed by atoms with Crippen LogP contribution >= 0.6 is 23.1 Å². The van der Waals surface area contributed by atoms with E-state index in [1.807, 2.05) is 0 Å². The van der Waals surface area contributed by atoms with Gasteiger partial charge in [-0.15, -0.1) is 11.8 Å². The molecule has 0 aliphatic carbocycles. The molecule has 3 aromatic rings. The van der Waals surface area contributed by atoms with Gasteiger partial charge in [-0.3, -0.25) is 4.72 Å². The number of carbonyl (C=O) groups is 1. The molecule has 0 amide bonds. The van der Waals surface area contributed by atoms with Crippen molar-refractivity contribution in [2.75, 3.05) is 11.8 Å². The smallest absolute Gasteiger partial charge is 0.337 e. The molecule has 0 aliphatic heterocycles. The van der Waals surface area contributed by atoms with E-state index in [1.165, 1.54) is 54.5 Å². The molecule has 0 saturated heterocycles. The Balaban J connectivity index is 1.63. The summed E-state index contributed by atoms with van der Waals surface area (Å²) in [6.07, 6.45) is 3.33. The predicted molar refractivity (Wildman–Crippen MR) is 115 cm³/mol. The second-order valence-electron chi connectivity index (χ2n) is 7.26. The summed E-state index contributed by atoms with van der Waals surface area (Å²) < 4.78 is 38.7. The zero-order chi connectivity index (χ0) is 21.9. The zero-order valence-corrected chi connectivity index (χ0v) is 19.3. The van der Waals surface area contributed by atoms with E-state index in [9.17, 15) is 13.2 Å². The number of nitrogens with zero attached hydrogens (tertiary/aromatic N) is 2. The number of nitrogens with one attached hydrogen (secondary N) is 1. The lowest BCUT2D eigenvalue weighted by Crippen LogP contribution is -2.13. The van der Waals surface area contributed by atoms with Crippen LogP contribution in [0.3, 0.4) is 0 Å². The van der Waals surface area contributed by atoms with Crippen molar-refractivity contribution in [1.29, 1.82) is 0 Å². The highest BCUT2D eigenvalue weighted by Crippen LogP contribution is 2.32. The van der Waals surface area contributed by atoms with Crippen LogP contribution in [0.2, 0.25) is 0 Å². The lowest BCUT2D eigenvalue weighted by Gasteiger charge is -2.12. The number of hydrogen-bond donors (Lipinski definition) is 1. The molecule has 3 rings (SSSR count). The first-order valence-electron chi connectivity index (χ1n) is 8.83. The largest absolute Gasteiger partial charge is 0.465 e. The Morgan fingerprint density at radius 1 is 1.20 bits per heavy atom. The zero-order valence-electron chi connectivity index (χ0n) is 16.8. The number of thioether (sulfide) groups is 1. The van der Waals surface area contributed by atoms with Gasteiger partial charge in [-0.2, -0.15) is 0 Å². The molecular formula is C19H21N3O5S3. The Hall–Kier alpha value is -2.37. The van der Waals surface area contributed by atoms with Crippen LogP contribution in [0.4, 0.5) is 5.13 Å². The fraction of sp³-hybridized carbons (Fsp3) is 0.316. The summed E-state index contributed by atoms with van der Waals surface area (Å²) in [5.41, 5.74) is 0.159. The molecule has 2 aromatic heterocycles. The molecular weight excluding hydrogens is 446 g/mol. The minimum atomic E-state index is -3.82. The van der Waals surface area contributed by atoms with Crippen molar-refractivity contribution in [3.05, 3.63) is 53.9 Å². The average molecular weight is 468 g/mol.